The molecule has 0 saturated carbocycles. The number of hydrogen-bond acceptors (Lipinski definition) is 1. The summed E-state index contributed by atoms with van der Waals surface area (Å²) in [6.07, 6.45) is 3.71. The summed E-state index contributed by atoms with van der Waals surface area (Å²) in [5.41, 5.74) is 5.64. The van der Waals surface area contributed by atoms with E-state index in [1.54, 1.807) is 0 Å². The predicted octanol–water partition coefficient (Wildman–Crippen LogP) is 4.89. The van der Waals surface area contributed by atoms with Gasteiger partial charge in [-0.05, 0) is 48.4 Å². The smallest absolute Gasteiger partial charge is 0.0443 e. The Bertz CT molecular complexity index is 573. The van der Waals surface area contributed by atoms with Crippen LogP contribution in [0.2, 0.25) is 0 Å². The second kappa shape index (κ2) is 5.08. The molecule has 1 atom stereocenters. The fourth-order valence-electron chi connectivity index (χ4n) is 3.14. The van der Waals surface area contributed by atoms with E-state index in [1.807, 2.05) is 0 Å². The van der Waals surface area contributed by atoms with E-state index in [-0.39, 0.29) is 0 Å². The predicted molar refractivity (Wildman–Crippen MR) is 82.3 cm³/mol. The molecule has 0 saturated heterocycles. The fraction of sp³-hybridized carbons (Fsp3) is 0.333. The SMILES string of the molecule is CC1CCCc2ccccc2N(C)c2ccccc21. The van der Waals surface area contributed by atoms with Crippen molar-refractivity contribution in [1.29, 1.82) is 0 Å². The molecule has 0 amide bonds. The highest BCUT2D eigenvalue weighted by Crippen LogP contribution is 2.37. The average molecular weight is 251 g/mol. The number of aryl methyl sites for hydroxylation is 1. The summed E-state index contributed by atoms with van der Waals surface area (Å²) in [5.74, 6) is 0.632. The number of fused-ring (bicyclic) bond motifs is 2. The van der Waals surface area contributed by atoms with Crippen molar-refractivity contribution >= 4 is 11.4 Å². The van der Waals surface area contributed by atoms with Crippen molar-refractivity contribution in [2.75, 3.05) is 11.9 Å². The van der Waals surface area contributed by atoms with Crippen LogP contribution in [0.15, 0.2) is 48.5 Å². The van der Waals surface area contributed by atoms with Gasteiger partial charge in [0.25, 0.3) is 0 Å². The van der Waals surface area contributed by atoms with Crippen LogP contribution in [0.5, 0.6) is 0 Å². The topological polar surface area (TPSA) is 3.24 Å². The van der Waals surface area contributed by atoms with E-state index in [2.05, 4.69) is 67.4 Å². The molecule has 0 spiro atoms. The van der Waals surface area contributed by atoms with Crippen LogP contribution in [-0.4, -0.2) is 7.05 Å². The lowest BCUT2D eigenvalue weighted by Crippen LogP contribution is -2.13. The average Bonchev–Trinajstić information content (AvgIpc) is 2.51. The molecule has 0 fully saturated rings. The summed E-state index contributed by atoms with van der Waals surface area (Å²) in [5, 5.41) is 0. The fourth-order valence-corrected chi connectivity index (χ4v) is 3.14. The number of rotatable bonds is 0. The van der Waals surface area contributed by atoms with Crippen LogP contribution >= 0.6 is 0 Å². The number of anilines is 2. The second-order valence-electron chi connectivity index (χ2n) is 5.54. The van der Waals surface area contributed by atoms with Gasteiger partial charge in [0, 0.05) is 18.4 Å². The molecule has 0 bridgehead atoms. The van der Waals surface area contributed by atoms with Crippen molar-refractivity contribution in [3.63, 3.8) is 0 Å². The molecular weight excluding hydrogens is 230 g/mol. The van der Waals surface area contributed by atoms with Crippen LogP contribution in [0.1, 0.15) is 36.8 Å². The summed E-state index contributed by atoms with van der Waals surface area (Å²) in [7, 11) is 2.19. The molecule has 1 heterocycles. The third-order valence-electron chi connectivity index (χ3n) is 4.27. The molecule has 0 radical (unpaired) electrons. The van der Waals surface area contributed by atoms with Crippen molar-refractivity contribution in [2.24, 2.45) is 0 Å². The first kappa shape index (κ1) is 12.3. The third kappa shape index (κ3) is 2.25. The minimum absolute atomic E-state index is 0.632. The lowest BCUT2D eigenvalue weighted by molar-refractivity contribution is 0.637. The molecule has 2 aromatic carbocycles. The van der Waals surface area contributed by atoms with E-state index in [4.69, 9.17) is 0 Å². The van der Waals surface area contributed by atoms with Crippen molar-refractivity contribution in [3.05, 3.63) is 59.7 Å². The second-order valence-corrected chi connectivity index (χ2v) is 5.54. The number of para-hydroxylation sites is 2. The molecule has 1 heteroatoms. The number of hydrogen-bond donors (Lipinski definition) is 0. The summed E-state index contributed by atoms with van der Waals surface area (Å²) in [6, 6.07) is 17.6. The normalized spacial score (nSPS) is 18.8. The van der Waals surface area contributed by atoms with Gasteiger partial charge >= 0.3 is 0 Å². The molecule has 98 valence electrons. The highest BCUT2D eigenvalue weighted by atomic mass is 15.1. The van der Waals surface area contributed by atoms with E-state index in [1.165, 1.54) is 41.8 Å². The van der Waals surface area contributed by atoms with Gasteiger partial charge in [-0.2, -0.15) is 0 Å². The molecule has 1 aliphatic rings. The molecule has 1 aliphatic heterocycles. The largest absolute Gasteiger partial charge is 0.344 e. The lowest BCUT2D eigenvalue weighted by atomic mass is 9.94. The first-order valence-corrected chi connectivity index (χ1v) is 7.18. The van der Waals surface area contributed by atoms with E-state index in [0.717, 1.165) is 0 Å². The van der Waals surface area contributed by atoms with E-state index in [0.29, 0.717) is 5.92 Å². The molecule has 1 unspecified atom stereocenters. The van der Waals surface area contributed by atoms with Gasteiger partial charge in [-0.25, -0.2) is 0 Å². The van der Waals surface area contributed by atoms with Gasteiger partial charge in [0.2, 0.25) is 0 Å². The molecular formula is C18H21N. The van der Waals surface area contributed by atoms with Crippen LogP contribution in [0.3, 0.4) is 0 Å². The first-order valence-electron chi connectivity index (χ1n) is 7.18. The van der Waals surface area contributed by atoms with Crippen molar-refractivity contribution in [2.45, 2.75) is 32.1 Å². The molecule has 2 aromatic rings. The zero-order valence-electron chi connectivity index (χ0n) is 11.8. The Kier molecular flexibility index (Phi) is 3.29. The van der Waals surface area contributed by atoms with Crippen molar-refractivity contribution in [1.82, 2.24) is 0 Å². The standard InChI is InChI=1S/C18H21N/c1-14-8-7-10-15-9-3-5-12-17(15)19(2)18-13-6-4-11-16(14)18/h3-6,9,11-14H,7-8,10H2,1-2H3. The Morgan fingerprint density at radius 1 is 0.947 bits per heavy atom. The van der Waals surface area contributed by atoms with Crippen LogP contribution < -0.4 is 4.90 Å². The molecule has 0 aliphatic carbocycles. The Morgan fingerprint density at radius 3 is 2.47 bits per heavy atom. The zero-order valence-corrected chi connectivity index (χ0v) is 11.8. The van der Waals surface area contributed by atoms with Crippen LogP contribution in [0.25, 0.3) is 0 Å². The van der Waals surface area contributed by atoms with E-state index < -0.39 is 0 Å². The monoisotopic (exact) mass is 251 g/mol. The van der Waals surface area contributed by atoms with Gasteiger partial charge in [0.1, 0.15) is 0 Å². The Labute approximate surface area is 115 Å². The van der Waals surface area contributed by atoms with E-state index >= 15 is 0 Å². The molecule has 0 N–H and O–H groups in total. The van der Waals surface area contributed by atoms with Gasteiger partial charge in [0.15, 0.2) is 0 Å². The maximum absolute atomic E-state index is 2.35. The van der Waals surface area contributed by atoms with Crippen molar-refractivity contribution < 1.29 is 0 Å². The van der Waals surface area contributed by atoms with Gasteiger partial charge < -0.3 is 4.90 Å². The maximum Gasteiger partial charge on any atom is 0.0443 e. The highest BCUT2D eigenvalue weighted by molar-refractivity contribution is 5.69. The van der Waals surface area contributed by atoms with Gasteiger partial charge in [0.05, 0.1) is 0 Å². The molecule has 1 nitrogen and oxygen atoms in total. The van der Waals surface area contributed by atoms with Gasteiger partial charge in [-0.3, -0.25) is 0 Å². The summed E-state index contributed by atoms with van der Waals surface area (Å²) < 4.78 is 0. The lowest BCUT2D eigenvalue weighted by Gasteiger charge is -2.25. The number of nitrogens with zero attached hydrogens (tertiary/aromatic N) is 1. The number of benzene rings is 2. The Morgan fingerprint density at radius 2 is 1.63 bits per heavy atom. The van der Waals surface area contributed by atoms with Crippen LogP contribution in [0.4, 0.5) is 11.4 Å². The minimum Gasteiger partial charge on any atom is -0.344 e. The molecule has 19 heavy (non-hydrogen) atoms. The van der Waals surface area contributed by atoms with E-state index in [9.17, 15) is 0 Å². The van der Waals surface area contributed by atoms with Crippen molar-refractivity contribution in [3.8, 4) is 0 Å². The highest BCUT2D eigenvalue weighted by Gasteiger charge is 2.18. The summed E-state index contributed by atoms with van der Waals surface area (Å²) >= 11 is 0. The Balaban J connectivity index is 2.15. The third-order valence-corrected chi connectivity index (χ3v) is 4.27. The van der Waals surface area contributed by atoms with Gasteiger partial charge in [-0.15, -0.1) is 0 Å². The first-order chi connectivity index (χ1) is 9.27. The summed E-state index contributed by atoms with van der Waals surface area (Å²) in [6.45, 7) is 2.35. The zero-order chi connectivity index (χ0) is 13.2. The van der Waals surface area contributed by atoms with Gasteiger partial charge in [-0.1, -0.05) is 43.3 Å². The molecule has 3 rings (SSSR count). The maximum atomic E-state index is 2.35. The Hall–Kier alpha value is -1.76. The molecule has 0 aromatic heterocycles. The quantitative estimate of drug-likeness (QED) is 0.644. The minimum atomic E-state index is 0.632. The van der Waals surface area contributed by atoms with Crippen LogP contribution in [0, 0.1) is 0 Å². The van der Waals surface area contributed by atoms with Crippen LogP contribution in [-0.2, 0) is 6.42 Å². The summed E-state index contributed by atoms with van der Waals surface area (Å²) in [4.78, 5) is 2.35.